The van der Waals surface area contributed by atoms with Crippen molar-refractivity contribution in [3.8, 4) is 0 Å². The number of unbranched alkanes of at least 4 members (excludes halogenated alkanes) is 10. The number of nitrogens with two attached hydrogens (primary N) is 1. The Kier molecular flexibility index (Phi) is 15.9. The summed E-state index contributed by atoms with van der Waals surface area (Å²) < 4.78 is 5.60. The van der Waals surface area contributed by atoms with Crippen molar-refractivity contribution in [1.29, 1.82) is 0 Å². The Labute approximate surface area is 144 Å². The third-order valence-electron chi connectivity index (χ3n) is 4.41. The van der Waals surface area contributed by atoms with E-state index in [-0.39, 0.29) is 12.1 Å². The topological polar surface area (TPSA) is 52.3 Å². The van der Waals surface area contributed by atoms with E-state index < -0.39 is 6.04 Å². The highest BCUT2D eigenvalue weighted by Crippen LogP contribution is 2.17. The first kappa shape index (κ1) is 22.4. The van der Waals surface area contributed by atoms with Gasteiger partial charge < -0.3 is 10.5 Å². The average molecular weight is 328 g/mol. The summed E-state index contributed by atoms with van der Waals surface area (Å²) in [6, 6.07) is -0.508. The lowest BCUT2D eigenvalue weighted by Gasteiger charge is -2.19. The monoisotopic (exact) mass is 327 g/mol. The molecule has 2 N–H and O–H groups in total. The van der Waals surface area contributed by atoms with Crippen LogP contribution in [0.4, 0.5) is 0 Å². The Bertz CT molecular complexity index is 250. The van der Waals surface area contributed by atoms with Crippen LogP contribution in [0.1, 0.15) is 111 Å². The molecule has 0 saturated carbocycles. The number of rotatable bonds is 16. The quantitative estimate of drug-likeness (QED) is 0.290. The Morgan fingerprint density at radius 1 is 0.783 bits per heavy atom. The molecule has 0 amide bonds. The third-order valence-corrected chi connectivity index (χ3v) is 4.41. The molecule has 0 radical (unpaired) electrons. The van der Waals surface area contributed by atoms with E-state index in [2.05, 4.69) is 13.8 Å². The lowest BCUT2D eigenvalue weighted by Crippen LogP contribution is -2.32. The van der Waals surface area contributed by atoms with Crippen molar-refractivity contribution < 1.29 is 9.53 Å². The maximum atomic E-state index is 11.8. The van der Waals surface area contributed by atoms with Crippen molar-refractivity contribution in [1.82, 2.24) is 0 Å². The van der Waals surface area contributed by atoms with Gasteiger partial charge in [-0.2, -0.15) is 0 Å². The van der Waals surface area contributed by atoms with Gasteiger partial charge in [-0.05, 0) is 32.6 Å². The van der Waals surface area contributed by atoms with E-state index >= 15 is 0 Å². The van der Waals surface area contributed by atoms with Crippen molar-refractivity contribution in [2.24, 2.45) is 5.73 Å². The fourth-order valence-corrected chi connectivity index (χ4v) is 2.84. The molecule has 0 aliphatic carbocycles. The predicted molar refractivity (Wildman–Crippen MR) is 99.5 cm³/mol. The summed E-state index contributed by atoms with van der Waals surface area (Å²) in [6.07, 6.45) is 17.4. The summed E-state index contributed by atoms with van der Waals surface area (Å²) in [7, 11) is 0. The molecule has 0 aliphatic rings. The zero-order chi connectivity index (χ0) is 17.3. The molecule has 0 aliphatic heterocycles. The van der Waals surface area contributed by atoms with E-state index in [4.69, 9.17) is 10.5 Å². The second-order valence-corrected chi connectivity index (χ2v) is 6.96. The Morgan fingerprint density at radius 2 is 1.17 bits per heavy atom. The molecular weight excluding hydrogens is 286 g/mol. The van der Waals surface area contributed by atoms with Crippen LogP contribution in [0.25, 0.3) is 0 Å². The minimum absolute atomic E-state index is 0.0749. The molecule has 0 heterocycles. The van der Waals surface area contributed by atoms with Gasteiger partial charge in [-0.25, -0.2) is 0 Å². The van der Waals surface area contributed by atoms with Crippen LogP contribution in [0.3, 0.4) is 0 Å². The molecule has 0 saturated heterocycles. The smallest absolute Gasteiger partial charge is 0.322 e. The van der Waals surface area contributed by atoms with Crippen LogP contribution >= 0.6 is 0 Å². The summed E-state index contributed by atoms with van der Waals surface area (Å²) in [5.74, 6) is -0.244. The first-order chi connectivity index (χ1) is 11.1. The number of ether oxygens (including phenoxy) is 1. The van der Waals surface area contributed by atoms with Gasteiger partial charge in [0, 0.05) is 0 Å². The van der Waals surface area contributed by atoms with Gasteiger partial charge in [0.1, 0.15) is 12.1 Å². The minimum Gasteiger partial charge on any atom is -0.461 e. The average Bonchev–Trinajstić information content (AvgIpc) is 2.53. The third kappa shape index (κ3) is 14.7. The van der Waals surface area contributed by atoms with Gasteiger partial charge >= 0.3 is 5.97 Å². The van der Waals surface area contributed by atoms with Crippen LogP contribution in [0.15, 0.2) is 0 Å². The molecule has 1 unspecified atom stereocenters. The highest BCUT2D eigenvalue weighted by atomic mass is 16.5. The van der Waals surface area contributed by atoms with Crippen molar-refractivity contribution >= 4 is 5.97 Å². The molecular formula is C20H41NO2. The van der Waals surface area contributed by atoms with E-state index in [1.807, 2.05) is 0 Å². The van der Waals surface area contributed by atoms with Crippen molar-refractivity contribution in [2.75, 3.05) is 0 Å². The highest BCUT2D eigenvalue weighted by molar-refractivity contribution is 5.75. The first-order valence-electron chi connectivity index (χ1n) is 10.1. The zero-order valence-electron chi connectivity index (χ0n) is 15.9. The van der Waals surface area contributed by atoms with Gasteiger partial charge in [0.25, 0.3) is 0 Å². The Balaban J connectivity index is 3.91. The van der Waals surface area contributed by atoms with Gasteiger partial charge in [0.15, 0.2) is 0 Å². The second kappa shape index (κ2) is 16.3. The van der Waals surface area contributed by atoms with Gasteiger partial charge in [-0.1, -0.05) is 78.1 Å². The Hall–Kier alpha value is -0.570. The van der Waals surface area contributed by atoms with Crippen LogP contribution in [0, 0.1) is 0 Å². The van der Waals surface area contributed by atoms with Crippen LogP contribution < -0.4 is 5.73 Å². The maximum absolute atomic E-state index is 11.8. The molecule has 0 bridgehead atoms. The molecule has 23 heavy (non-hydrogen) atoms. The van der Waals surface area contributed by atoms with Crippen LogP contribution in [0.5, 0.6) is 0 Å². The number of hydrogen-bond acceptors (Lipinski definition) is 3. The van der Waals surface area contributed by atoms with E-state index in [0.29, 0.717) is 0 Å². The summed E-state index contributed by atoms with van der Waals surface area (Å²) in [6.45, 7) is 6.18. The molecule has 0 fully saturated rings. The van der Waals surface area contributed by atoms with Gasteiger partial charge in [0.05, 0.1) is 0 Å². The van der Waals surface area contributed by atoms with Crippen molar-refractivity contribution in [2.45, 2.75) is 123 Å². The molecule has 0 spiro atoms. The van der Waals surface area contributed by atoms with E-state index in [1.165, 1.54) is 64.2 Å². The summed E-state index contributed by atoms with van der Waals surface area (Å²) in [5, 5.41) is 0. The predicted octanol–water partition coefficient (Wildman–Crippen LogP) is 5.75. The highest BCUT2D eigenvalue weighted by Gasteiger charge is 2.16. The largest absolute Gasteiger partial charge is 0.461 e. The van der Waals surface area contributed by atoms with Crippen molar-refractivity contribution in [3.63, 3.8) is 0 Å². The molecule has 3 nitrogen and oxygen atoms in total. The fraction of sp³-hybridized carbons (Fsp3) is 0.950. The molecule has 3 heteroatoms. The Morgan fingerprint density at radius 3 is 1.57 bits per heavy atom. The normalized spacial score (nSPS) is 12.6. The lowest BCUT2D eigenvalue weighted by molar-refractivity contribution is -0.151. The molecule has 0 aromatic heterocycles. The molecule has 0 aromatic rings. The van der Waals surface area contributed by atoms with Crippen LogP contribution in [0.2, 0.25) is 0 Å². The summed E-state index contributed by atoms with van der Waals surface area (Å²) in [4.78, 5) is 11.8. The zero-order valence-corrected chi connectivity index (χ0v) is 15.9. The molecule has 0 rings (SSSR count). The van der Waals surface area contributed by atoms with Gasteiger partial charge in [-0.15, -0.1) is 0 Å². The SMILES string of the molecule is CCCCCCCCC(CCCCCCCC)OC(=O)C(C)N. The summed E-state index contributed by atoms with van der Waals surface area (Å²) >= 11 is 0. The minimum atomic E-state index is -0.508. The van der Waals surface area contributed by atoms with Crippen molar-refractivity contribution in [3.05, 3.63) is 0 Å². The number of esters is 1. The van der Waals surface area contributed by atoms with E-state index in [9.17, 15) is 4.79 Å². The molecule has 1 atom stereocenters. The molecule has 138 valence electrons. The molecule has 0 aromatic carbocycles. The number of hydrogen-bond donors (Lipinski definition) is 1. The standard InChI is InChI=1S/C20H41NO2/c1-4-6-8-10-12-14-16-19(23-20(22)18(3)21)17-15-13-11-9-7-5-2/h18-19H,4-17,21H2,1-3H3. The van der Waals surface area contributed by atoms with E-state index in [1.54, 1.807) is 6.92 Å². The van der Waals surface area contributed by atoms with Crippen LogP contribution in [-0.2, 0) is 9.53 Å². The second-order valence-electron chi connectivity index (χ2n) is 6.96. The van der Waals surface area contributed by atoms with Gasteiger partial charge in [-0.3, -0.25) is 4.79 Å². The maximum Gasteiger partial charge on any atom is 0.322 e. The summed E-state index contributed by atoms with van der Waals surface area (Å²) in [5.41, 5.74) is 5.63. The number of carbonyl (C=O) groups excluding carboxylic acids is 1. The fourth-order valence-electron chi connectivity index (χ4n) is 2.84. The van der Waals surface area contributed by atoms with Gasteiger partial charge in [0.2, 0.25) is 0 Å². The number of carbonyl (C=O) groups is 1. The first-order valence-corrected chi connectivity index (χ1v) is 10.1. The van der Waals surface area contributed by atoms with E-state index in [0.717, 1.165) is 25.7 Å². The van der Waals surface area contributed by atoms with Crippen LogP contribution in [-0.4, -0.2) is 18.1 Å². The lowest BCUT2D eigenvalue weighted by atomic mass is 10.0.